The van der Waals surface area contributed by atoms with E-state index < -0.39 is 0 Å². The van der Waals surface area contributed by atoms with E-state index in [1.807, 2.05) is 14.0 Å². The summed E-state index contributed by atoms with van der Waals surface area (Å²) in [6.07, 6.45) is 4.17. The van der Waals surface area contributed by atoms with Crippen LogP contribution in [-0.4, -0.2) is 38.7 Å². The summed E-state index contributed by atoms with van der Waals surface area (Å²) in [6.45, 7) is 4.00. The van der Waals surface area contributed by atoms with Crippen molar-refractivity contribution < 1.29 is 4.79 Å². The Morgan fingerprint density at radius 3 is 2.92 bits per heavy atom. The Morgan fingerprint density at radius 1 is 1.42 bits per heavy atom. The van der Waals surface area contributed by atoms with Gasteiger partial charge < -0.3 is 5.32 Å². The van der Waals surface area contributed by atoms with E-state index in [1.54, 1.807) is 16.0 Å². The molecule has 1 fully saturated rings. The molecule has 7 nitrogen and oxygen atoms in total. The van der Waals surface area contributed by atoms with Crippen molar-refractivity contribution in [1.82, 2.24) is 25.1 Å². The van der Waals surface area contributed by atoms with Gasteiger partial charge in [0.25, 0.3) is 0 Å². The molecule has 0 unspecified atom stereocenters. The van der Waals surface area contributed by atoms with Gasteiger partial charge in [-0.05, 0) is 45.7 Å². The maximum atomic E-state index is 12.1. The third-order valence-electron chi connectivity index (χ3n) is 4.24. The molecule has 2 N–H and O–H groups in total. The van der Waals surface area contributed by atoms with Crippen molar-refractivity contribution in [2.45, 2.75) is 44.9 Å². The Kier molecular flexibility index (Phi) is 5.57. The molecule has 1 aliphatic rings. The van der Waals surface area contributed by atoms with Gasteiger partial charge in [0.1, 0.15) is 0 Å². The van der Waals surface area contributed by atoms with E-state index in [0.717, 1.165) is 55.3 Å². The molecular formula is C16H24N6OS. The summed E-state index contributed by atoms with van der Waals surface area (Å²) in [5.41, 5.74) is 1.07. The van der Waals surface area contributed by atoms with Crippen LogP contribution in [0.15, 0.2) is 5.38 Å². The van der Waals surface area contributed by atoms with E-state index in [4.69, 9.17) is 0 Å². The molecule has 0 radical (unpaired) electrons. The van der Waals surface area contributed by atoms with E-state index in [-0.39, 0.29) is 5.91 Å². The van der Waals surface area contributed by atoms with Gasteiger partial charge in [-0.25, -0.2) is 9.67 Å². The van der Waals surface area contributed by atoms with Crippen LogP contribution >= 0.6 is 11.3 Å². The molecule has 0 saturated carbocycles. The van der Waals surface area contributed by atoms with Gasteiger partial charge in [-0.15, -0.1) is 11.3 Å². The highest BCUT2D eigenvalue weighted by Crippen LogP contribution is 2.23. The lowest BCUT2D eigenvalue weighted by Crippen LogP contribution is -2.27. The highest BCUT2D eigenvalue weighted by atomic mass is 32.1. The molecule has 1 amide bonds. The molecule has 2 aromatic rings. The molecule has 0 aliphatic carbocycles. The predicted octanol–water partition coefficient (Wildman–Crippen LogP) is 2.01. The standard InChI is InChI=1S/C16H24N6OS/c1-11-18-13(10-24-11)4-3-5-14(23)19-16-20-15(21-22(16)2)12-6-8-17-9-7-12/h10,12,17H,3-9H2,1-2H3,(H,19,20,21,23). The lowest BCUT2D eigenvalue weighted by Gasteiger charge is -2.19. The average Bonchev–Trinajstić information content (AvgIpc) is 3.15. The summed E-state index contributed by atoms with van der Waals surface area (Å²) in [5, 5.41) is 13.8. The van der Waals surface area contributed by atoms with Crippen molar-refractivity contribution in [3.8, 4) is 0 Å². The van der Waals surface area contributed by atoms with Gasteiger partial charge in [-0.2, -0.15) is 10.1 Å². The van der Waals surface area contributed by atoms with Crippen molar-refractivity contribution in [3.63, 3.8) is 0 Å². The molecule has 0 atom stereocenters. The number of carbonyl (C=O) groups is 1. The molecule has 0 spiro atoms. The number of aryl methyl sites for hydroxylation is 3. The van der Waals surface area contributed by atoms with Crippen LogP contribution < -0.4 is 10.6 Å². The average molecular weight is 348 g/mol. The fourth-order valence-electron chi connectivity index (χ4n) is 2.91. The number of anilines is 1. The maximum absolute atomic E-state index is 12.1. The van der Waals surface area contributed by atoms with Gasteiger partial charge in [0, 0.05) is 24.8 Å². The van der Waals surface area contributed by atoms with Crippen LogP contribution in [0.1, 0.15) is 48.1 Å². The maximum Gasteiger partial charge on any atom is 0.227 e. The van der Waals surface area contributed by atoms with Gasteiger partial charge >= 0.3 is 0 Å². The molecule has 130 valence electrons. The van der Waals surface area contributed by atoms with Crippen LogP contribution in [-0.2, 0) is 18.3 Å². The molecule has 1 saturated heterocycles. The van der Waals surface area contributed by atoms with E-state index in [0.29, 0.717) is 18.3 Å². The zero-order chi connectivity index (χ0) is 16.9. The molecule has 0 aromatic carbocycles. The van der Waals surface area contributed by atoms with Crippen molar-refractivity contribution in [1.29, 1.82) is 0 Å². The quantitative estimate of drug-likeness (QED) is 0.834. The first-order valence-corrected chi connectivity index (χ1v) is 9.32. The van der Waals surface area contributed by atoms with Gasteiger partial charge in [-0.3, -0.25) is 10.1 Å². The first-order chi connectivity index (χ1) is 11.6. The Bertz CT molecular complexity index is 689. The Hall–Kier alpha value is -1.80. The van der Waals surface area contributed by atoms with Crippen LogP contribution in [0.5, 0.6) is 0 Å². The number of nitrogens with one attached hydrogen (secondary N) is 2. The first kappa shape index (κ1) is 17.0. The van der Waals surface area contributed by atoms with Gasteiger partial charge in [-0.1, -0.05) is 0 Å². The lowest BCUT2D eigenvalue weighted by atomic mass is 9.98. The van der Waals surface area contributed by atoms with Crippen LogP contribution in [0, 0.1) is 6.92 Å². The second-order valence-electron chi connectivity index (χ2n) is 6.20. The Labute approximate surface area is 145 Å². The van der Waals surface area contributed by atoms with Crippen molar-refractivity contribution in [3.05, 3.63) is 21.9 Å². The Morgan fingerprint density at radius 2 is 2.21 bits per heavy atom. The highest BCUT2D eigenvalue weighted by molar-refractivity contribution is 7.09. The zero-order valence-corrected chi connectivity index (χ0v) is 15.0. The molecule has 1 aliphatic heterocycles. The number of amides is 1. The summed E-state index contributed by atoms with van der Waals surface area (Å²) in [4.78, 5) is 21.1. The minimum absolute atomic E-state index is 0.0192. The van der Waals surface area contributed by atoms with Gasteiger partial charge in [0.05, 0.1) is 10.7 Å². The first-order valence-electron chi connectivity index (χ1n) is 8.44. The Balaban J connectivity index is 1.49. The monoisotopic (exact) mass is 348 g/mol. The van der Waals surface area contributed by atoms with Crippen LogP contribution in [0.25, 0.3) is 0 Å². The zero-order valence-electron chi connectivity index (χ0n) is 14.2. The van der Waals surface area contributed by atoms with Crippen LogP contribution in [0.4, 0.5) is 5.95 Å². The molecule has 8 heteroatoms. The van der Waals surface area contributed by atoms with Gasteiger partial charge in [0.2, 0.25) is 11.9 Å². The summed E-state index contributed by atoms with van der Waals surface area (Å²) in [7, 11) is 1.82. The van der Waals surface area contributed by atoms with Gasteiger partial charge in [0.15, 0.2) is 5.82 Å². The summed E-state index contributed by atoms with van der Waals surface area (Å²) in [5.74, 6) is 1.75. The predicted molar refractivity (Wildman–Crippen MR) is 94.3 cm³/mol. The lowest BCUT2D eigenvalue weighted by molar-refractivity contribution is -0.116. The van der Waals surface area contributed by atoms with E-state index in [1.165, 1.54) is 0 Å². The minimum Gasteiger partial charge on any atom is -0.317 e. The van der Waals surface area contributed by atoms with Crippen LogP contribution in [0.2, 0.25) is 0 Å². The number of nitrogens with zero attached hydrogens (tertiary/aromatic N) is 4. The largest absolute Gasteiger partial charge is 0.317 e. The summed E-state index contributed by atoms with van der Waals surface area (Å²) in [6, 6.07) is 0. The number of aromatic nitrogens is 4. The number of piperidine rings is 1. The fraction of sp³-hybridized carbons (Fsp3) is 0.625. The highest BCUT2D eigenvalue weighted by Gasteiger charge is 2.21. The summed E-state index contributed by atoms with van der Waals surface area (Å²) < 4.78 is 1.67. The van der Waals surface area contributed by atoms with Crippen LogP contribution in [0.3, 0.4) is 0 Å². The minimum atomic E-state index is -0.0192. The topological polar surface area (TPSA) is 84.7 Å². The molecule has 3 heterocycles. The van der Waals surface area contributed by atoms with E-state index in [2.05, 4.69) is 31.1 Å². The normalized spacial score (nSPS) is 15.6. The second-order valence-corrected chi connectivity index (χ2v) is 7.26. The number of carbonyl (C=O) groups excluding carboxylic acids is 1. The van der Waals surface area contributed by atoms with Crippen molar-refractivity contribution in [2.75, 3.05) is 18.4 Å². The SMILES string of the molecule is Cc1nc(CCCC(=O)Nc2nc(C3CCNCC3)nn2C)cs1. The third-order valence-corrected chi connectivity index (χ3v) is 5.06. The number of rotatable bonds is 6. The van der Waals surface area contributed by atoms with E-state index >= 15 is 0 Å². The molecular weight excluding hydrogens is 324 g/mol. The molecule has 3 rings (SSSR count). The van der Waals surface area contributed by atoms with Crippen molar-refractivity contribution in [2.24, 2.45) is 7.05 Å². The molecule has 24 heavy (non-hydrogen) atoms. The second kappa shape index (κ2) is 7.85. The summed E-state index contributed by atoms with van der Waals surface area (Å²) >= 11 is 1.65. The molecule has 2 aromatic heterocycles. The van der Waals surface area contributed by atoms with Crippen molar-refractivity contribution >= 4 is 23.2 Å². The number of hydrogen-bond acceptors (Lipinski definition) is 6. The fourth-order valence-corrected chi connectivity index (χ4v) is 3.55. The van der Waals surface area contributed by atoms with E-state index in [9.17, 15) is 4.79 Å². The number of hydrogen-bond donors (Lipinski definition) is 2. The smallest absolute Gasteiger partial charge is 0.227 e. The third kappa shape index (κ3) is 4.39. The molecule has 0 bridgehead atoms. The number of thiazole rings is 1.